The molecule has 2 saturated carbocycles. The van der Waals surface area contributed by atoms with Gasteiger partial charge in [0, 0.05) is 47.0 Å². The highest BCUT2D eigenvalue weighted by Gasteiger charge is 2.21. The van der Waals surface area contributed by atoms with E-state index >= 15 is 0 Å². The largest absolute Gasteiger partial charge is 0.381 e. The van der Waals surface area contributed by atoms with Gasteiger partial charge in [0.2, 0.25) is 0 Å². The molecule has 2 aliphatic rings. The van der Waals surface area contributed by atoms with Crippen molar-refractivity contribution in [1.82, 2.24) is 10.2 Å². The molecule has 0 amide bonds. The number of nitrogens with one attached hydrogen (secondary N) is 1. The van der Waals surface area contributed by atoms with Gasteiger partial charge in [0.25, 0.3) is 0 Å². The minimum absolute atomic E-state index is 0.776. The quantitative estimate of drug-likeness (QED) is 0.358. The topological polar surface area (TPSA) is 46.1 Å². The molecule has 21 heavy (non-hydrogen) atoms. The highest BCUT2D eigenvalue weighted by molar-refractivity contribution is 5.79. The molecule has 0 saturated heterocycles. The molecule has 1 N–H and O–H groups in total. The maximum absolute atomic E-state index is 5.66. The third-order valence-corrected chi connectivity index (χ3v) is 3.99. The molecule has 0 aliphatic heterocycles. The number of likely N-dealkylation sites (N-methyl/N-ethyl adjacent to an activating group) is 1. The Hall–Kier alpha value is -0.810. The smallest absolute Gasteiger partial charge is 0.193 e. The first-order valence-electron chi connectivity index (χ1n) is 8.37. The van der Waals surface area contributed by atoms with E-state index in [0.717, 1.165) is 63.7 Å². The Balaban J connectivity index is 1.44. The molecule has 0 bridgehead atoms. The number of hydrogen-bond donors (Lipinski definition) is 1. The van der Waals surface area contributed by atoms with Crippen molar-refractivity contribution in [1.29, 1.82) is 0 Å². The van der Waals surface area contributed by atoms with Crippen LogP contribution in [0.25, 0.3) is 0 Å². The molecule has 0 aromatic carbocycles. The van der Waals surface area contributed by atoms with Crippen LogP contribution in [0, 0.1) is 11.8 Å². The predicted octanol–water partition coefficient (Wildman–Crippen LogP) is 1.74. The van der Waals surface area contributed by atoms with E-state index in [1.54, 1.807) is 0 Å². The molecule has 0 radical (unpaired) electrons. The maximum Gasteiger partial charge on any atom is 0.193 e. The van der Waals surface area contributed by atoms with Crippen molar-refractivity contribution in [3.8, 4) is 0 Å². The number of nitrogens with zero attached hydrogens (tertiary/aromatic N) is 2. The molecule has 122 valence electrons. The number of aliphatic imine (C=N–C) groups is 1. The van der Waals surface area contributed by atoms with E-state index in [4.69, 9.17) is 9.47 Å². The van der Waals surface area contributed by atoms with E-state index in [9.17, 15) is 0 Å². The summed E-state index contributed by atoms with van der Waals surface area (Å²) in [6, 6.07) is 0. The summed E-state index contributed by atoms with van der Waals surface area (Å²) < 4.78 is 11.3. The van der Waals surface area contributed by atoms with Crippen LogP contribution in [-0.4, -0.2) is 64.5 Å². The molecule has 0 atom stereocenters. The fourth-order valence-electron chi connectivity index (χ4n) is 2.14. The first-order valence-corrected chi connectivity index (χ1v) is 8.37. The van der Waals surface area contributed by atoms with Crippen LogP contribution in [0.4, 0.5) is 0 Å². The van der Waals surface area contributed by atoms with E-state index in [-0.39, 0.29) is 0 Å². The molecule has 5 nitrogen and oxygen atoms in total. The summed E-state index contributed by atoms with van der Waals surface area (Å²) >= 11 is 0. The summed E-state index contributed by atoms with van der Waals surface area (Å²) in [4.78, 5) is 6.43. The molecule has 0 aromatic rings. The highest BCUT2D eigenvalue weighted by atomic mass is 16.5. The van der Waals surface area contributed by atoms with E-state index in [0.29, 0.717) is 0 Å². The lowest BCUT2D eigenvalue weighted by Crippen LogP contribution is -2.41. The Bertz CT molecular complexity index is 315. The zero-order valence-electron chi connectivity index (χ0n) is 13.6. The van der Waals surface area contributed by atoms with Gasteiger partial charge in [0.1, 0.15) is 0 Å². The Morgan fingerprint density at radius 3 is 2.29 bits per heavy atom. The van der Waals surface area contributed by atoms with Crippen LogP contribution in [-0.2, 0) is 9.47 Å². The van der Waals surface area contributed by atoms with Crippen LogP contribution >= 0.6 is 0 Å². The number of hydrogen-bond acceptors (Lipinski definition) is 3. The second kappa shape index (κ2) is 9.26. The minimum atomic E-state index is 0.776. The summed E-state index contributed by atoms with van der Waals surface area (Å²) in [7, 11) is 3.88. The summed E-state index contributed by atoms with van der Waals surface area (Å²) in [5.74, 6) is 2.63. The third kappa shape index (κ3) is 7.67. The molecular weight excluding hydrogens is 266 g/mol. The van der Waals surface area contributed by atoms with Crippen molar-refractivity contribution in [3.05, 3.63) is 0 Å². The van der Waals surface area contributed by atoms with Gasteiger partial charge in [0.15, 0.2) is 5.96 Å². The Kier molecular flexibility index (Phi) is 7.30. The monoisotopic (exact) mass is 297 g/mol. The van der Waals surface area contributed by atoms with E-state index in [1.807, 2.05) is 7.05 Å². The van der Waals surface area contributed by atoms with Crippen LogP contribution in [0.15, 0.2) is 4.99 Å². The fraction of sp³-hybridized carbons (Fsp3) is 0.938. The van der Waals surface area contributed by atoms with Crippen molar-refractivity contribution in [2.24, 2.45) is 16.8 Å². The van der Waals surface area contributed by atoms with Crippen LogP contribution < -0.4 is 5.32 Å². The van der Waals surface area contributed by atoms with E-state index in [2.05, 4.69) is 22.3 Å². The highest BCUT2D eigenvalue weighted by Crippen LogP contribution is 2.29. The van der Waals surface area contributed by atoms with Gasteiger partial charge >= 0.3 is 0 Å². The van der Waals surface area contributed by atoms with Crippen molar-refractivity contribution in [3.63, 3.8) is 0 Å². The summed E-state index contributed by atoms with van der Waals surface area (Å²) in [6.07, 6.45) is 6.44. The number of ether oxygens (including phenoxy) is 2. The maximum atomic E-state index is 5.66. The zero-order chi connectivity index (χ0) is 14.9. The van der Waals surface area contributed by atoms with Gasteiger partial charge in [0.05, 0.1) is 6.61 Å². The van der Waals surface area contributed by atoms with E-state index in [1.165, 1.54) is 25.7 Å². The Labute approximate surface area is 129 Å². The molecule has 2 fully saturated rings. The molecule has 0 heterocycles. The second-order valence-corrected chi connectivity index (χ2v) is 6.29. The van der Waals surface area contributed by atoms with Crippen molar-refractivity contribution >= 4 is 5.96 Å². The predicted molar refractivity (Wildman–Crippen MR) is 85.7 cm³/mol. The van der Waals surface area contributed by atoms with Crippen molar-refractivity contribution < 1.29 is 9.47 Å². The third-order valence-electron chi connectivity index (χ3n) is 3.99. The van der Waals surface area contributed by atoms with Crippen LogP contribution in [0.1, 0.15) is 32.1 Å². The van der Waals surface area contributed by atoms with Gasteiger partial charge in [-0.1, -0.05) is 0 Å². The fourth-order valence-corrected chi connectivity index (χ4v) is 2.14. The zero-order valence-corrected chi connectivity index (χ0v) is 13.6. The van der Waals surface area contributed by atoms with Gasteiger partial charge in [-0.15, -0.1) is 0 Å². The molecule has 2 aliphatic carbocycles. The standard InChI is InChI=1S/C16H31N3O2/c1-17-16(18-8-3-10-20-12-14-4-5-14)19(2)9-11-21-13-15-6-7-15/h14-15H,3-13H2,1-2H3,(H,17,18). The lowest BCUT2D eigenvalue weighted by atomic mass is 10.4. The van der Waals surface area contributed by atoms with Gasteiger partial charge in [-0.2, -0.15) is 0 Å². The SMILES string of the molecule is CN=C(NCCCOCC1CC1)N(C)CCOCC1CC1. The Morgan fingerprint density at radius 2 is 1.71 bits per heavy atom. The minimum Gasteiger partial charge on any atom is -0.381 e. The molecular formula is C16H31N3O2. The second-order valence-electron chi connectivity index (χ2n) is 6.29. The lowest BCUT2D eigenvalue weighted by Gasteiger charge is -2.22. The average Bonchev–Trinajstić information content (AvgIpc) is 3.37. The lowest BCUT2D eigenvalue weighted by molar-refractivity contribution is 0.114. The average molecular weight is 297 g/mol. The van der Waals surface area contributed by atoms with Crippen LogP contribution in [0.3, 0.4) is 0 Å². The molecule has 0 aromatic heterocycles. The van der Waals surface area contributed by atoms with Gasteiger partial charge in [-0.05, 0) is 43.9 Å². The summed E-state index contributed by atoms with van der Waals surface area (Å²) in [5, 5.41) is 3.38. The van der Waals surface area contributed by atoms with E-state index < -0.39 is 0 Å². The summed E-state index contributed by atoms with van der Waals surface area (Å²) in [5.41, 5.74) is 0. The van der Waals surface area contributed by atoms with Crippen molar-refractivity contribution in [2.45, 2.75) is 32.1 Å². The number of guanidine groups is 1. The molecule has 2 rings (SSSR count). The van der Waals surface area contributed by atoms with Gasteiger partial charge < -0.3 is 19.7 Å². The molecule has 5 heteroatoms. The molecule has 0 spiro atoms. The van der Waals surface area contributed by atoms with Gasteiger partial charge in [-0.3, -0.25) is 4.99 Å². The van der Waals surface area contributed by atoms with Crippen molar-refractivity contribution in [2.75, 3.05) is 53.6 Å². The Morgan fingerprint density at radius 1 is 1.10 bits per heavy atom. The van der Waals surface area contributed by atoms with Crippen LogP contribution in [0.5, 0.6) is 0 Å². The number of rotatable bonds is 11. The summed E-state index contributed by atoms with van der Waals surface area (Å²) in [6.45, 7) is 5.28. The first kappa shape index (κ1) is 16.6. The normalized spacial score (nSPS) is 18.9. The molecule has 0 unspecified atom stereocenters. The first-order chi connectivity index (χ1) is 10.3. The van der Waals surface area contributed by atoms with Crippen LogP contribution in [0.2, 0.25) is 0 Å². The van der Waals surface area contributed by atoms with Gasteiger partial charge in [-0.25, -0.2) is 0 Å².